The number of esters is 1. The van der Waals surface area contributed by atoms with Crippen molar-refractivity contribution < 1.29 is 22.7 Å². The van der Waals surface area contributed by atoms with E-state index in [2.05, 4.69) is 9.72 Å². The van der Waals surface area contributed by atoms with Crippen molar-refractivity contribution in [1.29, 1.82) is 0 Å². The molecule has 1 rings (SSSR count). The summed E-state index contributed by atoms with van der Waals surface area (Å²) in [6.07, 6.45) is 0. The van der Waals surface area contributed by atoms with E-state index in [1.54, 1.807) is 0 Å². The highest BCUT2D eigenvalue weighted by Crippen LogP contribution is 2.12. The van der Waals surface area contributed by atoms with Crippen LogP contribution in [0, 0.1) is 17.7 Å². The summed E-state index contributed by atoms with van der Waals surface area (Å²) >= 11 is 0. The van der Waals surface area contributed by atoms with Gasteiger partial charge in [0.25, 0.3) is 5.95 Å². The smallest absolute Gasteiger partial charge is 0.341 e. The lowest BCUT2D eigenvalue weighted by Gasteiger charge is -2.02. The van der Waals surface area contributed by atoms with Crippen LogP contribution in [0.25, 0.3) is 0 Å². The molecular weight excluding hydrogens is 199 g/mol. The average molecular weight is 205 g/mol. The molecule has 0 aliphatic rings. The second-order valence-corrected chi connectivity index (χ2v) is 2.32. The highest BCUT2D eigenvalue weighted by molar-refractivity contribution is 5.89. The molecule has 0 aliphatic heterocycles. The first kappa shape index (κ1) is 10.5. The van der Waals surface area contributed by atoms with Crippen molar-refractivity contribution in [3.8, 4) is 0 Å². The maximum atomic E-state index is 12.9. The van der Waals surface area contributed by atoms with Gasteiger partial charge < -0.3 is 4.74 Å². The Balaban J connectivity index is 3.13. The van der Waals surface area contributed by atoms with Gasteiger partial charge in [0.1, 0.15) is 5.56 Å². The number of ether oxygens (including phenoxy) is 1. The summed E-state index contributed by atoms with van der Waals surface area (Å²) in [6.45, 7) is 1.48. The Kier molecular flexibility index (Phi) is 3.06. The monoisotopic (exact) mass is 205 g/mol. The fraction of sp³-hybridized carbons (Fsp3) is 0.250. The van der Waals surface area contributed by atoms with E-state index in [9.17, 15) is 18.0 Å². The lowest BCUT2D eigenvalue weighted by molar-refractivity contribution is 0.0518. The molecular formula is C8H6F3NO2. The van der Waals surface area contributed by atoms with Crippen molar-refractivity contribution in [2.75, 3.05) is 6.61 Å². The minimum absolute atomic E-state index is 0.0101. The van der Waals surface area contributed by atoms with Crippen molar-refractivity contribution in [3.05, 3.63) is 29.3 Å². The summed E-state index contributed by atoms with van der Waals surface area (Å²) in [5.74, 6) is -5.56. The molecule has 1 aromatic rings. The van der Waals surface area contributed by atoms with Gasteiger partial charge in [-0.1, -0.05) is 0 Å². The number of rotatable bonds is 2. The second kappa shape index (κ2) is 4.08. The van der Waals surface area contributed by atoms with Gasteiger partial charge in [-0.25, -0.2) is 9.18 Å². The van der Waals surface area contributed by atoms with Crippen LogP contribution in [0.3, 0.4) is 0 Å². The van der Waals surface area contributed by atoms with Gasteiger partial charge in [-0.05, 0) is 6.92 Å². The van der Waals surface area contributed by atoms with Crippen LogP contribution >= 0.6 is 0 Å². The zero-order chi connectivity index (χ0) is 10.7. The van der Waals surface area contributed by atoms with E-state index in [1.165, 1.54) is 6.92 Å². The molecule has 0 radical (unpaired) electrons. The van der Waals surface area contributed by atoms with Crippen LogP contribution in [0.1, 0.15) is 17.3 Å². The molecule has 0 amide bonds. The van der Waals surface area contributed by atoms with Crippen molar-refractivity contribution in [3.63, 3.8) is 0 Å². The van der Waals surface area contributed by atoms with E-state index in [0.717, 1.165) is 0 Å². The third kappa shape index (κ3) is 2.01. The molecule has 0 bridgehead atoms. The van der Waals surface area contributed by atoms with Crippen LogP contribution in [0.5, 0.6) is 0 Å². The molecule has 6 heteroatoms. The number of carbonyl (C=O) groups excluding carboxylic acids is 1. The van der Waals surface area contributed by atoms with E-state index in [0.29, 0.717) is 6.07 Å². The molecule has 1 aromatic heterocycles. The Labute approximate surface area is 77.5 Å². The predicted octanol–water partition coefficient (Wildman–Crippen LogP) is 1.68. The van der Waals surface area contributed by atoms with E-state index in [4.69, 9.17) is 0 Å². The van der Waals surface area contributed by atoms with Gasteiger partial charge in [0, 0.05) is 6.07 Å². The zero-order valence-corrected chi connectivity index (χ0v) is 7.18. The summed E-state index contributed by atoms with van der Waals surface area (Å²) in [4.78, 5) is 13.5. The number of halogens is 3. The van der Waals surface area contributed by atoms with Gasteiger partial charge in [0.15, 0.2) is 5.82 Å². The van der Waals surface area contributed by atoms with Crippen LogP contribution in [0.15, 0.2) is 6.07 Å². The lowest BCUT2D eigenvalue weighted by atomic mass is 10.2. The maximum Gasteiger partial charge on any atom is 0.341 e. The van der Waals surface area contributed by atoms with Crippen molar-refractivity contribution in [1.82, 2.24) is 4.98 Å². The summed E-state index contributed by atoms with van der Waals surface area (Å²) < 4.78 is 42.2. The Morgan fingerprint density at radius 1 is 1.50 bits per heavy atom. The first-order valence-corrected chi connectivity index (χ1v) is 3.75. The molecule has 0 saturated carbocycles. The van der Waals surface area contributed by atoms with Crippen molar-refractivity contribution in [2.45, 2.75) is 6.92 Å². The first-order valence-electron chi connectivity index (χ1n) is 3.75. The average Bonchev–Trinajstić information content (AvgIpc) is 2.11. The number of hydrogen-bond donors (Lipinski definition) is 0. The summed E-state index contributed by atoms with van der Waals surface area (Å²) in [6, 6.07) is 0.483. The molecule has 0 aromatic carbocycles. The molecule has 0 N–H and O–H groups in total. The molecule has 0 saturated heterocycles. The summed E-state index contributed by atoms with van der Waals surface area (Å²) in [7, 11) is 0. The molecule has 0 fully saturated rings. The van der Waals surface area contributed by atoms with E-state index in [-0.39, 0.29) is 6.61 Å². The fourth-order valence-electron chi connectivity index (χ4n) is 0.826. The molecule has 0 atom stereocenters. The topological polar surface area (TPSA) is 39.2 Å². The van der Waals surface area contributed by atoms with E-state index >= 15 is 0 Å². The normalized spacial score (nSPS) is 10.0. The lowest BCUT2D eigenvalue weighted by Crippen LogP contribution is -2.10. The third-order valence-electron chi connectivity index (χ3n) is 1.38. The van der Waals surface area contributed by atoms with Crippen molar-refractivity contribution >= 4 is 5.97 Å². The molecule has 14 heavy (non-hydrogen) atoms. The quantitative estimate of drug-likeness (QED) is 0.544. The van der Waals surface area contributed by atoms with Crippen molar-refractivity contribution in [2.24, 2.45) is 0 Å². The van der Waals surface area contributed by atoms with E-state index in [1.807, 2.05) is 0 Å². The van der Waals surface area contributed by atoms with Crippen LogP contribution in [-0.4, -0.2) is 17.6 Å². The number of hydrogen-bond acceptors (Lipinski definition) is 3. The Morgan fingerprint density at radius 2 is 2.14 bits per heavy atom. The molecule has 0 spiro atoms. The molecule has 76 valence electrons. The SMILES string of the molecule is CCOC(=O)c1cc(F)nc(F)c1F. The summed E-state index contributed by atoms with van der Waals surface area (Å²) in [5, 5.41) is 0. The largest absolute Gasteiger partial charge is 0.462 e. The molecule has 1 heterocycles. The third-order valence-corrected chi connectivity index (χ3v) is 1.38. The fourth-order valence-corrected chi connectivity index (χ4v) is 0.826. The van der Waals surface area contributed by atoms with Gasteiger partial charge in [-0.15, -0.1) is 0 Å². The molecule has 0 aliphatic carbocycles. The van der Waals surface area contributed by atoms with Crippen LogP contribution < -0.4 is 0 Å². The number of carbonyl (C=O) groups is 1. The molecule has 0 unspecified atom stereocenters. The zero-order valence-electron chi connectivity index (χ0n) is 7.18. The predicted molar refractivity (Wildman–Crippen MR) is 40.1 cm³/mol. The Morgan fingerprint density at radius 3 is 2.71 bits per heavy atom. The maximum absolute atomic E-state index is 12.9. The highest BCUT2D eigenvalue weighted by Gasteiger charge is 2.19. The van der Waals surface area contributed by atoms with Gasteiger partial charge in [0.2, 0.25) is 5.95 Å². The first-order chi connectivity index (χ1) is 6.56. The van der Waals surface area contributed by atoms with Crippen LogP contribution in [-0.2, 0) is 4.74 Å². The standard InChI is InChI=1S/C8H6F3NO2/c1-2-14-8(13)4-3-5(9)12-7(11)6(4)10/h3H,2H2,1H3. The molecule has 3 nitrogen and oxygen atoms in total. The second-order valence-electron chi connectivity index (χ2n) is 2.32. The number of pyridine rings is 1. The van der Waals surface area contributed by atoms with Crippen LogP contribution in [0.2, 0.25) is 0 Å². The number of nitrogens with zero attached hydrogens (tertiary/aromatic N) is 1. The minimum atomic E-state index is -1.66. The number of aromatic nitrogens is 1. The van der Waals surface area contributed by atoms with Gasteiger partial charge >= 0.3 is 5.97 Å². The van der Waals surface area contributed by atoms with Gasteiger partial charge in [-0.3, -0.25) is 0 Å². The Bertz CT molecular complexity index is 368. The van der Waals surface area contributed by atoms with Crippen LogP contribution in [0.4, 0.5) is 13.2 Å². The minimum Gasteiger partial charge on any atom is -0.462 e. The van der Waals surface area contributed by atoms with E-state index < -0.39 is 29.2 Å². The Hall–Kier alpha value is -1.59. The summed E-state index contributed by atoms with van der Waals surface area (Å²) in [5.41, 5.74) is -0.795. The van der Waals surface area contributed by atoms with Gasteiger partial charge in [-0.2, -0.15) is 13.8 Å². The highest BCUT2D eigenvalue weighted by atomic mass is 19.2. The van der Waals surface area contributed by atoms with Gasteiger partial charge in [0.05, 0.1) is 6.61 Å².